The van der Waals surface area contributed by atoms with Gasteiger partial charge in [-0.1, -0.05) is 13.3 Å². The molecule has 3 aliphatic rings. The zero-order valence-corrected chi connectivity index (χ0v) is 24.1. The summed E-state index contributed by atoms with van der Waals surface area (Å²) < 4.78 is 23.0. The molecular weight excluding hydrogens is 482 g/mol. The van der Waals surface area contributed by atoms with Gasteiger partial charge in [-0.3, -0.25) is 9.69 Å². The molecule has 2 saturated heterocycles. The van der Waals surface area contributed by atoms with Crippen LogP contribution < -0.4 is 14.2 Å². The van der Waals surface area contributed by atoms with Crippen molar-refractivity contribution in [2.75, 3.05) is 67.3 Å². The molecule has 8 heteroatoms. The number of carbonyl (C=O) groups excluding carboxylic acids is 1. The van der Waals surface area contributed by atoms with Crippen LogP contribution in [0.1, 0.15) is 76.2 Å². The molecule has 1 aromatic carbocycles. The summed E-state index contributed by atoms with van der Waals surface area (Å²) in [6, 6.07) is 4.57. The minimum atomic E-state index is 0.228. The van der Waals surface area contributed by atoms with Crippen LogP contribution in [0.5, 0.6) is 17.2 Å². The first kappa shape index (κ1) is 29.0. The van der Waals surface area contributed by atoms with E-state index in [1.807, 2.05) is 0 Å². The Labute approximate surface area is 229 Å². The number of rotatable bonds is 14. The normalized spacial score (nSPS) is 23.2. The Bertz CT molecular complexity index is 889. The lowest BCUT2D eigenvalue weighted by Crippen LogP contribution is -2.43. The van der Waals surface area contributed by atoms with Crippen molar-refractivity contribution in [3.05, 3.63) is 17.7 Å². The maximum absolute atomic E-state index is 13.6. The number of nitrogens with zero attached hydrogens (tertiary/aromatic N) is 3. The second kappa shape index (κ2) is 14.4. The maximum atomic E-state index is 13.6. The average molecular weight is 532 g/mol. The Kier molecular flexibility index (Phi) is 11.0. The molecule has 2 fully saturated rings. The first-order valence-electron chi connectivity index (χ1n) is 14.7. The molecule has 214 valence electrons. The molecule has 1 amide bonds. The predicted octanol–water partition coefficient (Wildman–Crippen LogP) is 4.51. The highest BCUT2D eigenvalue weighted by Crippen LogP contribution is 2.45. The minimum Gasteiger partial charge on any atom is -0.493 e. The van der Waals surface area contributed by atoms with Crippen LogP contribution in [0.15, 0.2) is 12.1 Å². The van der Waals surface area contributed by atoms with Gasteiger partial charge >= 0.3 is 0 Å². The molecule has 8 nitrogen and oxygen atoms in total. The largest absolute Gasteiger partial charge is 0.493 e. The SMILES string of the molecule is CCCCN(CCCN(C)C)C(=O)CN1CC(c2cc(OC)c3c(c2)OCO3)C[C@@H]1CCC1CCCCO1. The summed E-state index contributed by atoms with van der Waals surface area (Å²) in [6.07, 6.45) is 10.3. The fraction of sp³-hybridized carbons (Fsp3) is 0.767. The van der Waals surface area contributed by atoms with E-state index in [9.17, 15) is 4.79 Å². The summed E-state index contributed by atoms with van der Waals surface area (Å²) in [7, 11) is 5.86. The summed E-state index contributed by atoms with van der Waals surface area (Å²) in [5.74, 6) is 2.76. The molecule has 3 atom stereocenters. The van der Waals surface area contributed by atoms with Crippen LogP contribution in [0.3, 0.4) is 0 Å². The fourth-order valence-electron chi connectivity index (χ4n) is 6.08. The molecule has 0 spiro atoms. The second-order valence-electron chi connectivity index (χ2n) is 11.4. The van der Waals surface area contributed by atoms with Gasteiger partial charge in [0.05, 0.1) is 19.8 Å². The van der Waals surface area contributed by atoms with E-state index in [1.54, 1.807) is 7.11 Å². The standard InChI is InChI=1S/C30H49N3O5/c1-5-6-14-32(15-9-13-31(2)3)29(34)21-33-20-24(17-25(33)11-12-26-10-7-8-16-36-26)23-18-27(35-4)30-28(19-23)37-22-38-30/h18-19,24-26H,5-17,20-22H2,1-4H3/t24?,25-,26?/m0/s1. The van der Waals surface area contributed by atoms with Crippen molar-refractivity contribution in [1.82, 2.24) is 14.7 Å². The van der Waals surface area contributed by atoms with E-state index in [0.717, 1.165) is 89.2 Å². The van der Waals surface area contributed by atoms with Crippen LogP contribution in [-0.2, 0) is 9.53 Å². The highest BCUT2D eigenvalue weighted by molar-refractivity contribution is 5.78. The molecular formula is C30H49N3O5. The smallest absolute Gasteiger partial charge is 0.236 e. The maximum Gasteiger partial charge on any atom is 0.236 e. The van der Waals surface area contributed by atoms with E-state index < -0.39 is 0 Å². The highest BCUT2D eigenvalue weighted by Gasteiger charge is 2.36. The third kappa shape index (κ3) is 7.76. The molecule has 4 rings (SSSR count). The zero-order chi connectivity index (χ0) is 26.9. The molecule has 38 heavy (non-hydrogen) atoms. The Hall–Kier alpha value is -2.03. The molecule has 0 bridgehead atoms. The van der Waals surface area contributed by atoms with Crippen molar-refractivity contribution in [2.45, 2.75) is 82.8 Å². The number of hydrogen-bond donors (Lipinski definition) is 0. The zero-order valence-electron chi connectivity index (χ0n) is 24.1. The van der Waals surface area contributed by atoms with Crippen molar-refractivity contribution in [3.8, 4) is 17.2 Å². The van der Waals surface area contributed by atoms with Crippen molar-refractivity contribution in [1.29, 1.82) is 0 Å². The summed E-state index contributed by atoms with van der Waals surface area (Å²) >= 11 is 0. The van der Waals surface area contributed by atoms with Gasteiger partial charge in [0, 0.05) is 32.3 Å². The Morgan fingerprint density at radius 1 is 1.11 bits per heavy atom. The summed E-state index contributed by atoms with van der Waals surface area (Å²) in [6.45, 7) is 7.33. The van der Waals surface area contributed by atoms with Gasteiger partial charge < -0.3 is 28.7 Å². The van der Waals surface area contributed by atoms with Gasteiger partial charge in [0.15, 0.2) is 11.5 Å². The Morgan fingerprint density at radius 2 is 1.95 bits per heavy atom. The molecule has 0 N–H and O–H groups in total. The topological polar surface area (TPSA) is 63.7 Å². The molecule has 0 saturated carbocycles. The lowest BCUT2D eigenvalue weighted by molar-refractivity contribution is -0.133. The molecule has 0 radical (unpaired) electrons. The molecule has 3 aliphatic heterocycles. The minimum absolute atomic E-state index is 0.228. The van der Waals surface area contributed by atoms with Gasteiger partial charge in [-0.15, -0.1) is 0 Å². The van der Waals surface area contributed by atoms with Crippen molar-refractivity contribution >= 4 is 5.91 Å². The molecule has 0 aromatic heterocycles. The van der Waals surface area contributed by atoms with Gasteiger partial charge in [-0.2, -0.15) is 0 Å². The van der Waals surface area contributed by atoms with Crippen LogP contribution in [0.2, 0.25) is 0 Å². The van der Waals surface area contributed by atoms with Crippen LogP contribution in [0.4, 0.5) is 0 Å². The Morgan fingerprint density at radius 3 is 2.68 bits per heavy atom. The van der Waals surface area contributed by atoms with E-state index in [-0.39, 0.29) is 12.7 Å². The first-order chi connectivity index (χ1) is 18.5. The van der Waals surface area contributed by atoms with E-state index >= 15 is 0 Å². The fourth-order valence-corrected chi connectivity index (χ4v) is 6.08. The summed E-state index contributed by atoms with van der Waals surface area (Å²) in [5, 5.41) is 0. The van der Waals surface area contributed by atoms with Gasteiger partial charge in [0.25, 0.3) is 0 Å². The van der Waals surface area contributed by atoms with E-state index in [1.165, 1.54) is 18.4 Å². The van der Waals surface area contributed by atoms with Crippen LogP contribution >= 0.6 is 0 Å². The average Bonchev–Trinajstić information content (AvgIpc) is 3.56. The van der Waals surface area contributed by atoms with Crippen molar-refractivity contribution in [2.24, 2.45) is 0 Å². The van der Waals surface area contributed by atoms with Gasteiger partial charge in [-0.25, -0.2) is 0 Å². The van der Waals surface area contributed by atoms with Gasteiger partial charge in [0.2, 0.25) is 18.4 Å². The van der Waals surface area contributed by atoms with Crippen molar-refractivity contribution in [3.63, 3.8) is 0 Å². The Balaban J connectivity index is 1.46. The van der Waals surface area contributed by atoms with E-state index in [4.69, 9.17) is 18.9 Å². The number of methoxy groups -OCH3 is 1. The first-order valence-corrected chi connectivity index (χ1v) is 14.7. The lowest BCUT2D eigenvalue weighted by Gasteiger charge is -2.30. The van der Waals surface area contributed by atoms with Gasteiger partial charge in [0.1, 0.15) is 0 Å². The molecule has 0 aliphatic carbocycles. The highest BCUT2D eigenvalue weighted by atomic mass is 16.7. The van der Waals surface area contributed by atoms with Gasteiger partial charge in [-0.05, 0) is 95.6 Å². The third-order valence-electron chi connectivity index (χ3n) is 8.28. The summed E-state index contributed by atoms with van der Waals surface area (Å²) in [5.41, 5.74) is 1.20. The van der Waals surface area contributed by atoms with Crippen LogP contribution in [-0.4, -0.2) is 100 Å². The lowest BCUT2D eigenvalue weighted by atomic mass is 9.93. The predicted molar refractivity (Wildman–Crippen MR) is 149 cm³/mol. The number of likely N-dealkylation sites (tertiary alicyclic amines) is 1. The van der Waals surface area contributed by atoms with Crippen molar-refractivity contribution < 1.29 is 23.7 Å². The van der Waals surface area contributed by atoms with E-state index in [2.05, 4.69) is 47.9 Å². The number of hydrogen-bond acceptors (Lipinski definition) is 7. The molecule has 1 aromatic rings. The quantitative estimate of drug-likeness (QED) is 0.350. The number of ether oxygens (including phenoxy) is 4. The van der Waals surface area contributed by atoms with Crippen LogP contribution in [0, 0.1) is 0 Å². The van der Waals surface area contributed by atoms with E-state index in [0.29, 0.717) is 30.4 Å². The second-order valence-corrected chi connectivity index (χ2v) is 11.4. The number of unbranched alkanes of at least 4 members (excludes halogenated alkanes) is 1. The molecule has 3 heterocycles. The third-order valence-corrected chi connectivity index (χ3v) is 8.28. The molecule has 2 unspecified atom stereocenters. The monoisotopic (exact) mass is 531 g/mol. The number of fused-ring (bicyclic) bond motifs is 1. The van der Waals surface area contributed by atoms with Crippen LogP contribution in [0.25, 0.3) is 0 Å². The number of benzene rings is 1. The number of amides is 1. The summed E-state index contributed by atoms with van der Waals surface area (Å²) in [4.78, 5) is 20.4. The number of carbonyl (C=O) groups is 1.